The second-order valence-electron chi connectivity index (χ2n) is 24.0. The minimum Gasteiger partial charge on any atom is -0.453 e. The van der Waals surface area contributed by atoms with Gasteiger partial charge in [-0.3, -0.25) is 52.7 Å². The summed E-state index contributed by atoms with van der Waals surface area (Å²) < 4.78 is 9.13. The third-order valence-electron chi connectivity index (χ3n) is 16.5. The van der Waals surface area contributed by atoms with E-state index in [9.17, 15) is 62.3 Å². The molecule has 17 N–H and O–H groups in total. The van der Waals surface area contributed by atoms with E-state index in [0.29, 0.717) is 121 Å². The van der Waals surface area contributed by atoms with Gasteiger partial charge in [0, 0.05) is 82.3 Å². The molecule has 4 saturated carbocycles. The maximum atomic E-state index is 13.3. The predicted octanol–water partition coefficient (Wildman–Crippen LogP) is -0.0720. The number of nitrogens with two attached hydrogens (primary N) is 5. The summed E-state index contributed by atoms with van der Waals surface area (Å²) in [5, 5.41) is 18.7. The van der Waals surface area contributed by atoms with Crippen LogP contribution in [0.1, 0.15) is 161 Å². The number of carbonyl (C=O) groups excluding carboxylic acids is 13. The fraction of sp³-hybridized carbons (Fsp3) is 0.783. The maximum absolute atomic E-state index is 13.3. The number of amides is 13. The van der Waals surface area contributed by atoms with Crippen molar-refractivity contribution in [2.45, 2.75) is 167 Å². The van der Waals surface area contributed by atoms with Crippen LogP contribution in [0, 0.1) is 47.3 Å². The van der Waals surface area contributed by atoms with Crippen molar-refractivity contribution >= 4 is 77.2 Å². The van der Waals surface area contributed by atoms with Crippen LogP contribution in [0.2, 0.25) is 0 Å². The zero-order valence-corrected chi connectivity index (χ0v) is 52.6. The Morgan fingerprint density at radius 1 is 0.382 bits per heavy atom. The molecule has 4 aliphatic rings. The number of ether oxygens (including phenoxy) is 2. The van der Waals surface area contributed by atoms with Crippen molar-refractivity contribution in [2.24, 2.45) is 76.0 Å². The summed E-state index contributed by atoms with van der Waals surface area (Å²) in [5.74, 6) is -3.11. The lowest BCUT2D eigenvalue weighted by Gasteiger charge is -2.23. The predicted molar refractivity (Wildman–Crippen MR) is 327 cm³/mol. The average molecular weight is 1260 g/mol. The molecule has 4 fully saturated rings. The van der Waals surface area contributed by atoms with E-state index in [4.69, 9.17) is 28.7 Å². The van der Waals surface area contributed by atoms with Gasteiger partial charge in [-0.1, -0.05) is 25.7 Å². The van der Waals surface area contributed by atoms with Gasteiger partial charge in [0.15, 0.2) is 0 Å². The van der Waals surface area contributed by atoms with Gasteiger partial charge in [0.1, 0.15) is 32.2 Å². The molecule has 0 radical (unpaired) electrons. The molecule has 4 aliphatic carbocycles. The number of nitrogens with zero attached hydrogens (tertiary/aromatic N) is 2. The summed E-state index contributed by atoms with van der Waals surface area (Å²) in [6.07, 6.45) is 16.2. The van der Waals surface area contributed by atoms with Crippen LogP contribution in [0.15, 0.2) is 0 Å². The van der Waals surface area contributed by atoms with Crippen LogP contribution in [-0.4, -0.2) is 179 Å². The molecule has 0 aliphatic heterocycles. The Hall–Kier alpha value is -7.33. The molecule has 504 valence electrons. The summed E-state index contributed by atoms with van der Waals surface area (Å²) in [5.41, 5.74) is 27.5. The third kappa shape index (κ3) is 33.7. The van der Waals surface area contributed by atoms with E-state index < -0.39 is 41.9 Å². The number of rotatable bonds is 48. The van der Waals surface area contributed by atoms with Gasteiger partial charge in [0.2, 0.25) is 65.0 Å². The van der Waals surface area contributed by atoms with Crippen molar-refractivity contribution in [2.75, 3.05) is 86.2 Å². The quantitative estimate of drug-likeness (QED) is 0.0355. The van der Waals surface area contributed by atoms with Gasteiger partial charge in [-0.05, 0) is 146 Å². The number of hydrogen-bond donors (Lipinski definition) is 12. The van der Waals surface area contributed by atoms with E-state index in [-0.39, 0.29) is 124 Å². The Kier molecular flexibility index (Phi) is 36.3. The minimum absolute atomic E-state index is 0.0475. The Balaban J connectivity index is 0.000000500. The second kappa shape index (κ2) is 42.6. The van der Waals surface area contributed by atoms with Crippen molar-refractivity contribution in [3.63, 3.8) is 0 Å². The zero-order chi connectivity index (χ0) is 65.7. The summed E-state index contributed by atoms with van der Waals surface area (Å²) in [6.45, 7) is 0.560. The number of primary amides is 4. The summed E-state index contributed by atoms with van der Waals surface area (Å²) in [6, 6.07) is -0.978. The smallest absolute Gasteiger partial charge is 0.407 e. The lowest BCUT2D eigenvalue weighted by atomic mass is 9.96. The first-order valence-electron chi connectivity index (χ1n) is 32.0. The number of methoxy groups -OCH3 is 2. The fourth-order valence-corrected chi connectivity index (χ4v) is 10.7. The maximum Gasteiger partial charge on any atom is 0.407 e. The Labute approximate surface area is 523 Å². The highest BCUT2D eigenvalue weighted by Gasteiger charge is 2.37. The first-order valence-corrected chi connectivity index (χ1v) is 32.0. The van der Waals surface area contributed by atoms with Crippen molar-refractivity contribution in [3.05, 3.63) is 0 Å². The number of alkyl carbamates (subject to hydrolysis) is 2. The lowest BCUT2D eigenvalue weighted by molar-refractivity contribution is -0.139. The van der Waals surface area contributed by atoms with Crippen LogP contribution in [0.5, 0.6) is 0 Å². The van der Waals surface area contributed by atoms with Gasteiger partial charge < -0.3 is 85.2 Å². The van der Waals surface area contributed by atoms with E-state index in [1.807, 2.05) is 0 Å². The molecular formula is C60H104N14O15. The second-order valence-corrected chi connectivity index (χ2v) is 24.0. The molecule has 0 saturated heterocycles. The molecule has 0 bridgehead atoms. The summed E-state index contributed by atoms with van der Waals surface area (Å²) >= 11 is 0. The van der Waals surface area contributed by atoms with Crippen LogP contribution in [0.4, 0.5) is 9.59 Å². The van der Waals surface area contributed by atoms with E-state index in [0.717, 1.165) is 89.1 Å². The molecule has 13 amide bonds. The summed E-state index contributed by atoms with van der Waals surface area (Å²) in [4.78, 5) is 161. The van der Waals surface area contributed by atoms with Crippen LogP contribution in [0.25, 0.3) is 0 Å². The van der Waals surface area contributed by atoms with Crippen LogP contribution < -0.4 is 65.9 Å². The average Bonchev–Trinajstić information content (AvgIpc) is 3.36. The lowest BCUT2D eigenvalue weighted by Crippen LogP contribution is -2.49. The van der Waals surface area contributed by atoms with E-state index in [1.54, 1.807) is 0 Å². The number of unbranched alkanes of at least 4 members (excludes halogenated alkanes) is 5. The SMILES string of the molecule is COC(=O)NCCCC[C@H](NC(=O)OC)C(=O)NCCC(=O)N(CC(=O)NCCCCC(C(N)=O)C1CC1)CC(=O)NCCCCC(C(N)=O)C1CC1.NCCC(=O)N(CC(=O)NCCCCC(C(N)=O)C1CC1)CC(=O)NCCCCC(C(N)=O)C1CC1. The first kappa shape index (κ1) is 75.9. The standard InChI is InChI=1S/C35H60N8O10.C25H44N6O5/c1-52-34(50)41-19-8-5-11-27(42-35(51)53-2)33(49)40-20-16-30(46)43(21-28(44)38-17-6-3-9-25(31(36)47)23-12-13-23)22-29(45)39-18-7-4-10-26(32(37)48)24-14-15-24;26-12-11-23(34)31(15-21(32)29-13-3-1-5-19(24(27)35)17-7-8-17)16-22(33)30-14-4-2-6-20(25(28)36)18-9-10-18/h23-27H,3-22H2,1-2H3,(H2,36,47)(H2,37,48)(H,38,44)(H,39,45)(H,40,49)(H,41,50)(H,42,51);17-20H,1-16,26H2,(H2,27,35)(H2,28,36)(H,29,32)(H,30,33)/t25?,26?,27-;/m0./s1. The molecule has 4 rings (SSSR count). The van der Waals surface area contributed by atoms with Gasteiger partial charge in [-0.2, -0.15) is 0 Å². The summed E-state index contributed by atoms with van der Waals surface area (Å²) in [7, 11) is 2.40. The van der Waals surface area contributed by atoms with Crippen molar-refractivity contribution in [1.82, 2.24) is 47.0 Å². The van der Waals surface area contributed by atoms with Gasteiger partial charge >= 0.3 is 12.2 Å². The van der Waals surface area contributed by atoms with Gasteiger partial charge in [-0.15, -0.1) is 0 Å². The molecular weight excluding hydrogens is 1160 g/mol. The topological polar surface area (TPSA) is 461 Å². The molecule has 0 aromatic rings. The van der Waals surface area contributed by atoms with Gasteiger partial charge in [0.05, 0.1) is 14.2 Å². The fourth-order valence-electron chi connectivity index (χ4n) is 10.7. The molecule has 0 spiro atoms. The zero-order valence-electron chi connectivity index (χ0n) is 52.6. The van der Waals surface area contributed by atoms with E-state index in [1.165, 1.54) is 12.0 Å². The minimum atomic E-state index is -0.978. The molecule has 0 heterocycles. The molecule has 0 aromatic heterocycles. The van der Waals surface area contributed by atoms with Gasteiger partial charge in [0.25, 0.3) is 0 Å². The monoisotopic (exact) mass is 1260 g/mol. The highest BCUT2D eigenvalue weighted by Crippen LogP contribution is 2.41. The van der Waals surface area contributed by atoms with Crippen LogP contribution in [0.3, 0.4) is 0 Å². The van der Waals surface area contributed by atoms with Crippen LogP contribution in [-0.2, 0) is 62.2 Å². The highest BCUT2D eigenvalue weighted by atomic mass is 16.5. The molecule has 29 nitrogen and oxygen atoms in total. The van der Waals surface area contributed by atoms with Crippen LogP contribution >= 0.6 is 0 Å². The molecule has 4 unspecified atom stereocenters. The first-order chi connectivity index (χ1) is 42.6. The number of nitrogens with one attached hydrogen (secondary N) is 7. The van der Waals surface area contributed by atoms with Crippen molar-refractivity contribution in [1.29, 1.82) is 0 Å². The van der Waals surface area contributed by atoms with E-state index >= 15 is 0 Å². The Bertz CT molecular complexity index is 2210. The number of carbonyl (C=O) groups is 13. The molecule has 5 atom stereocenters. The molecule has 0 aromatic carbocycles. The number of hydrogen-bond acceptors (Lipinski definition) is 16. The van der Waals surface area contributed by atoms with E-state index in [2.05, 4.69) is 46.7 Å². The van der Waals surface area contributed by atoms with Crippen molar-refractivity contribution in [3.8, 4) is 0 Å². The molecule has 89 heavy (non-hydrogen) atoms. The van der Waals surface area contributed by atoms with Gasteiger partial charge in [-0.25, -0.2) is 9.59 Å². The molecule has 29 heteroatoms. The highest BCUT2D eigenvalue weighted by molar-refractivity contribution is 5.91. The normalized spacial score (nSPS) is 15.7. The largest absolute Gasteiger partial charge is 0.453 e. The Morgan fingerprint density at radius 3 is 0.955 bits per heavy atom. The van der Waals surface area contributed by atoms with Crippen molar-refractivity contribution < 1.29 is 71.8 Å². The third-order valence-corrected chi connectivity index (χ3v) is 16.5. The Morgan fingerprint density at radius 2 is 0.674 bits per heavy atom.